The molecule has 3 aromatic rings. The molecule has 3 heterocycles. The first-order valence-corrected chi connectivity index (χ1v) is 7.72. The second kappa shape index (κ2) is 4.37. The van der Waals surface area contributed by atoms with E-state index in [4.69, 9.17) is 0 Å². The van der Waals surface area contributed by atoms with Gasteiger partial charge in [0.1, 0.15) is 0 Å². The average Bonchev–Trinajstić information content (AvgIpc) is 2.97. The van der Waals surface area contributed by atoms with Gasteiger partial charge in [-0.3, -0.25) is 0 Å². The third-order valence-electron chi connectivity index (χ3n) is 2.20. The van der Waals surface area contributed by atoms with Crippen molar-refractivity contribution in [3.05, 3.63) is 41.8 Å². The highest BCUT2D eigenvalue weighted by atomic mass is 32.2. The zero-order valence-corrected chi connectivity index (χ0v) is 11.6. The highest BCUT2D eigenvalue weighted by Crippen LogP contribution is 2.39. The summed E-state index contributed by atoms with van der Waals surface area (Å²) >= 11 is 9.71. The number of rotatable bonds is 2. The molecule has 0 bridgehead atoms. The maximum absolute atomic E-state index is 4.35. The predicted molar refractivity (Wildman–Crippen MR) is 78.2 cm³/mol. The molecule has 4 heteroatoms. The fourth-order valence-electron chi connectivity index (χ4n) is 1.48. The van der Waals surface area contributed by atoms with Crippen LogP contribution in [0.2, 0.25) is 0 Å². The van der Waals surface area contributed by atoms with Gasteiger partial charge in [0.2, 0.25) is 0 Å². The molecule has 0 saturated carbocycles. The van der Waals surface area contributed by atoms with Crippen LogP contribution in [0.1, 0.15) is 0 Å². The first-order valence-electron chi connectivity index (χ1n) is 4.76. The second-order valence-electron chi connectivity index (χ2n) is 3.28. The molecule has 16 heavy (non-hydrogen) atoms. The van der Waals surface area contributed by atoms with Gasteiger partial charge in [-0.15, -0.1) is 46.6 Å². The van der Waals surface area contributed by atoms with Crippen molar-refractivity contribution in [1.82, 2.24) is 0 Å². The quantitative estimate of drug-likeness (QED) is 0.589. The van der Waals surface area contributed by atoms with E-state index in [1.165, 1.54) is 19.5 Å². The maximum atomic E-state index is 4.35. The first kappa shape index (κ1) is 10.6. The van der Waals surface area contributed by atoms with Gasteiger partial charge < -0.3 is 0 Å². The van der Waals surface area contributed by atoms with E-state index in [-0.39, 0.29) is 0 Å². The summed E-state index contributed by atoms with van der Waals surface area (Å²) in [7, 11) is 0. The minimum atomic E-state index is 1.07. The number of thiophene rings is 3. The molecule has 0 amide bonds. The SMILES string of the molecule is Sc1ccc(-c2ccc(-c3cccs3)s2)s1. The van der Waals surface area contributed by atoms with E-state index in [9.17, 15) is 0 Å². The summed E-state index contributed by atoms with van der Waals surface area (Å²) in [5.41, 5.74) is 0. The van der Waals surface area contributed by atoms with Crippen molar-refractivity contribution in [2.24, 2.45) is 0 Å². The van der Waals surface area contributed by atoms with Crippen LogP contribution in [0.3, 0.4) is 0 Å². The molecule has 0 unspecified atom stereocenters. The van der Waals surface area contributed by atoms with E-state index < -0.39 is 0 Å². The summed E-state index contributed by atoms with van der Waals surface area (Å²) in [5, 5.41) is 2.12. The van der Waals surface area contributed by atoms with Crippen LogP contribution in [0.15, 0.2) is 46.0 Å². The van der Waals surface area contributed by atoms with Gasteiger partial charge in [-0.2, -0.15) is 0 Å². The van der Waals surface area contributed by atoms with Crippen molar-refractivity contribution >= 4 is 46.6 Å². The Morgan fingerprint density at radius 2 is 1.44 bits per heavy atom. The van der Waals surface area contributed by atoms with Crippen molar-refractivity contribution in [2.75, 3.05) is 0 Å². The van der Waals surface area contributed by atoms with Gasteiger partial charge in [0, 0.05) is 19.5 Å². The summed E-state index contributed by atoms with van der Waals surface area (Å²) in [5.74, 6) is 0. The zero-order chi connectivity index (χ0) is 11.0. The van der Waals surface area contributed by atoms with Crippen molar-refractivity contribution in [1.29, 1.82) is 0 Å². The summed E-state index contributed by atoms with van der Waals surface area (Å²) in [6.45, 7) is 0. The molecular formula is C12H8S4. The van der Waals surface area contributed by atoms with E-state index >= 15 is 0 Å². The Morgan fingerprint density at radius 1 is 0.750 bits per heavy atom. The highest BCUT2D eigenvalue weighted by molar-refractivity contribution is 7.83. The first-order chi connectivity index (χ1) is 7.83. The number of hydrogen-bond donors (Lipinski definition) is 1. The van der Waals surface area contributed by atoms with Gasteiger partial charge in [0.05, 0.1) is 4.21 Å². The van der Waals surface area contributed by atoms with Crippen LogP contribution in [0.25, 0.3) is 19.5 Å². The molecule has 3 rings (SSSR count). The Morgan fingerprint density at radius 3 is 2.06 bits per heavy atom. The van der Waals surface area contributed by atoms with E-state index in [0.717, 1.165) is 4.21 Å². The molecule has 3 aromatic heterocycles. The lowest BCUT2D eigenvalue weighted by atomic mass is 10.3. The molecule has 0 aliphatic carbocycles. The molecule has 0 N–H and O–H groups in total. The Hall–Kier alpha value is -0.550. The van der Waals surface area contributed by atoms with Crippen LogP contribution in [0.4, 0.5) is 0 Å². The van der Waals surface area contributed by atoms with Crippen molar-refractivity contribution in [3.8, 4) is 19.5 Å². The topological polar surface area (TPSA) is 0 Å². The number of thiol groups is 1. The van der Waals surface area contributed by atoms with Crippen LogP contribution in [-0.2, 0) is 0 Å². The average molecular weight is 280 g/mol. The van der Waals surface area contributed by atoms with Crippen LogP contribution in [0.5, 0.6) is 0 Å². The van der Waals surface area contributed by atoms with Gasteiger partial charge >= 0.3 is 0 Å². The zero-order valence-electron chi connectivity index (χ0n) is 8.21. The third kappa shape index (κ3) is 1.98. The Balaban J connectivity index is 2.00. The summed E-state index contributed by atoms with van der Waals surface area (Å²) in [6.07, 6.45) is 0. The molecule has 0 spiro atoms. The number of hydrogen-bond acceptors (Lipinski definition) is 4. The fraction of sp³-hybridized carbons (Fsp3) is 0. The molecule has 0 fully saturated rings. The molecular weight excluding hydrogens is 272 g/mol. The third-order valence-corrected chi connectivity index (χ3v) is 5.86. The normalized spacial score (nSPS) is 10.8. The minimum Gasteiger partial charge on any atom is -0.143 e. The van der Waals surface area contributed by atoms with E-state index in [1.54, 1.807) is 22.7 Å². The Labute approximate surface area is 112 Å². The van der Waals surface area contributed by atoms with Gasteiger partial charge in [-0.1, -0.05) is 6.07 Å². The van der Waals surface area contributed by atoms with E-state index in [2.05, 4.69) is 48.3 Å². The van der Waals surface area contributed by atoms with Gasteiger partial charge in [-0.05, 0) is 35.7 Å². The second-order valence-corrected chi connectivity index (χ2v) is 7.18. The van der Waals surface area contributed by atoms with Crippen molar-refractivity contribution in [2.45, 2.75) is 4.21 Å². The summed E-state index contributed by atoms with van der Waals surface area (Å²) in [4.78, 5) is 5.32. The summed E-state index contributed by atoms with van der Waals surface area (Å²) in [6, 6.07) is 12.8. The minimum absolute atomic E-state index is 1.07. The van der Waals surface area contributed by atoms with Crippen LogP contribution < -0.4 is 0 Å². The molecule has 80 valence electrons. The smallest absolute Gasteiger partial charge is 0.0574 e. The van der Waals surface area contributed by atoms with Crippen LogP contribution >= 0.6 is 46.6 Å². The maximum Gasteiger partial charge on any atom is 0.0574 e. The monoisotopic (exact) mass is 280 g/mol. The van der Waals surface area contributed by atoms with Crippen molar-refractivity contribution < 1.29 is 0 Å². The Bertz CT molecular complexity index is 586. The van der Waals surface area contributed by atoms with Gasteiger partial charge in [0.15, 0.2) is 0 Å². The lowest BCUT2D eigenvalue weighted by Gasteiger charge is -1.89. The van der Waals surface area contributed by atoms with Crippen LogP contribution in [-0.4, -0.2) is 0 Å². The van der Waals surface area contributed by atoms with Crippen molar-refractivity contribution in [3.63, 3.8) is 0 Å². The Kier molecular flexibility index (Phi) is 2.90. The molecule has 0 aliphatic rings. The van der Waals surface area contributed by atoms with Gasteiger partial charge in [0.25, 0.3) is 0 Å². The van der Waals surface area contributed by atoms with E-state index in [0.29, 0.717) is 0 Å². The lowest BCUT2D eigenvalue weighted by Crippen LogP contribution is -1.57. The molecule has 0 aromatic carbocycles. The standard InChI is InChI=1S/C12H8S4/c13-12-6-5-11(16-12)10-4-3-9(15-10)8-2-1-7-14-8/h1-7,13H. The molecule has 0 radical (unpaired) electrons. The molecule has 0 saturated heterocycles. The highest BCUT2D eigenvalue weighted by Gasteiger charge is 2.07. The predicted octanol–water partition coefficient (Wildman–Crippen LogP) is 5.49. The lowest BCUT2D eigenvalue weighted by molar-refractivity contribution is 1.76. The largest absolute Gasteiger partial charge is 0.143 e. The summed E-state index contributed by atoms with van der Waals surface area (Å²) < 4.78 is 1.07. The molecule has 0 aliphatic heterocycles. The van der Waals surface area contributed by atoms with Crippen LogP contribution in [0, 0.1) is 0 Å². The van der Waals surface area contributed by atoms with Gasteiger partial charge in [-0.25, -0.2) is 0 Å². The van der Waals surface area contributed by atoms with E-state index in [1.807, 2.05) is 17.4 Å². The molecule has 0 atom stereocenters. The molecule has 0 nitrogen and oxygen atoms in total. The fourth-order valence-corrected chi connectivity index (χ4v) is 4.53.